The van der Waals surface area contributed by atoms with E-state index in [0.29, 0.717) is 18.1 Å². The van der Waals surface area contributed by atoms with E-state index < -0.39 is 12.1 Å². The molecule has 1 aromatic heterocycles. The fourth-order valence-electron chi connectivity index (χ4n) is 4.02. The van der Waals surface area contributed by atoms with Crippen LogP contribution in [0.15, 0.2) is 67.3 Å². The molecule has 2 unspecified atom stereocenters. The van der Waals surface area contributed by atoms with Crippen LogP contribution in [0.2, 0.25) is 0 Å². The molecule has 2 amide bonds. The number of aromatic nitrogens is 3. The number of nitrogens with zero attached hydrogens (tertiary/aromatic N) is 5. The monoisotopic (exact) mass is 490 g/mol. The molecule has 2 aromatic carbocycles. The van der Waals surface area contributed by atoms with Gasteiger partial charge in [-0.25, -0.2) is 14.5 Å². The van der Waals surface area contributed by atoms with Gasteiger partial charge in [-0.05, 0) is 35.7 Å². The van der Waals surface area contributed by atoms with Gasteiger partial charge in [0.2, 0.25) is 0 Å². The lowest BCUT2D eigenvalue weighted by atomic mass is 9.98. The normalized spacial score (nSPS) is 17.3. The summed E-state index contributed by atoms with van der Waals surface area (Å²) in [5, 5.41) is 20.1. The van der Waals surface area contributed by atoms with Gasteiger partial charge in [0.25, 0.3) is 0 Å². The third-order valence-electron chi connectivity index (χ3n) is 5.82. The third kappa shape index (κ3) is 5.55. The predicted molar refractivity (Wildman–Crippen MR) is 141 cm³/mol. The van der Waals surface area contributed by atoms with Gasteiger partial charge in [0.15, 0.2) is 0 Å². The fraction of sp³-hybridized carbons (Fsp3) is 0.320. The summed E-state index contributed by atoms with van der Waals surface area (Å²) in [5.74, 6) is -0.0904. The smallest absolute Gasteiger partial charge is 0.330 e. The topological polar surface area (TPSA) is 102 Å². The standard InChI is InChI=1S/C25H30N8OS/c1-17(2)14-32-22(26)21(24(35)31(3)25(32)34)23(30-19-7-5-4-6-8-19)28-13-18-9-11-20(12-10-18)33-16-27-15-29-33/h4-12,15-17,21,23,26,28,30H,13-14H2,1-3H3. The molecule has 3 N–H and O–H groups in total. The summed E-state index contributed by atoms with van der Waals surface area (Å²) >= 11 is 5.70. The second-order valence-corrected chi connectivity index (χ2v) is 9.34. The number of nitrogens with one attached hydrogen (secondary N) is 3. The fourth-order valence-corrected chi connectivity index (χ4v) is 4.34. The Labute approximate surface area is 210 Å². The summed E-state index contributed by atoms with van der Waals surface area (Å²) in [7, 11) is 1.68. The van der Waals surface area contributed by atoms with Crippen molar-refractivity contribution in [3.63, 3.8) is 0 Å². The maximum Gasteiger partial charge on any atom is 0.330 e. The van der Waals surface area contributed by atoms with Crippen molar-refractivity contribution in [2.24, 2.45) is 11.8 Å². The van der Waals surface area contributed by atoms with Gasteiger partial charge in [0.05, 0.1) is 16.8 Å². The number of amidine groups is 1. The lowest BCUT2D eigenvalue weighted by molar-refractivity contribution is 0.192. The number of carbonyl (C=O) groups is 1. The van der Waals surface area contributed by atoms with Gasteiger partial charge < -0.3 is 5.32 Å². The Morgan fingerprint density at radius 3 is 2.46 bits per heavy atom. The largest absolute Gasteiger partial charge is 0.369 e. The molecule has 0 bridgehead atoms. The van der Waals surface area contributed by atoms with Crippen molar-refractivity contribution in [2.75, 3.05) is 18.9 Å². The number of amides is 2. The van der Waals surface area contributed by atoms with Crippen LogP contribution < -0.4 is 10.6 Å². The zero-order valence-corrected chi connectivity index (χ0v) is 20.9. The lowest BCUT2D eigenvalue weighted by Gasteiger charge is -2.43. The number of benzene rings is 2. The second-order valence-electron chi connectivity index (χ2n) is 8.92. The van der Waals surface area contributed by atoms with Gasteiger partial charge in [-0.2, -0.15) is 5.10 Å². The lowest BCUT2D eigenvalue weighted by Crippen LogP contribution is -2.64. The number of rotatable bonds is 9. The molecule has 35 heavy (non-hydrogen) atoms. The first-order valence-electron chi connectivity index (χ1n) is 11.5. The first kappa shape index (κ1) is 24.5. The number of hydrogen-bond donors (Lipinski definition) is 3. The van der Waals surface area contributed by atoms with Crippen molar-refractivity contribution in [1.29, 1.82) is 5.41 Å². The van der Waals surface area contributed by atoms with E-state index in [0.717, 1.165) is 16.9 Å². The highest BCUT2D eigenvalue weighted by Gasteiger charge is 2.43. The molecule has 182 valence electrons. The van der Waals surface area contributed by atoms with Crippen molar-refractivity contribution in [2.45, 2.75) is 26.6 Å². The SMILES string of the molecule is CC(C)CN1C(=N)C(C(NCc2ccc(-n3cncn3)cc2)Nc2ccccc2)C(=S)N(C)C1=O. The molecule has 1 saturated heterocycles. The van der Waals surface area contributed by atoms with Crippen molar-refractivity contribution in [1.82, 2.24) is 29.9 Å². The quantitative estimate of drug-likeness (QED) is 0.312. The number of hydrogen-bond acceptors (Lipinski definition) is 7. The highest BCUT2D eigenvalue weighted by Crippen LogP contribution is 2.24. The third-order valence-corrected chi connectivity index (χ3v) is 6.35. The van der Waals surface area contributed by atoms with Crippen LogP contribution in [0.25, 0.3) is 5.69 Å². The van der Waals surface area contributed by atoms with Crippen LogP contribution in [0, 0.1) is 17.2 Å². The van der Waals surface area contributed by atoms with E-state index >= 15 is 0 Å². The second kappa shape index (κ2) is 10.7. The maximum absolute atomic E-state index is 12.9. The molecule has 1 aliphatic heterocycles. The molecule has 2 heterocycles. The first-order chi connectivity index (χ1) is 16.8. The molecule has 10 heteroatoms. The number of anilines is 1. The van der Waals surface area contributed by atoms with E-state index in [9.17, 15) is 4.79 Å². The van der Waals surface area contributed by atoms with Crippen molar-refractivity contribution >= 4 is 34.8 Å². The molecule has 2 atom stereocenters. The van der Waals surface area contributed by atoms with Crippen LogP contribution in [0.4, 0.5) is 10.5 Å². The number of carbonyl (C=O) groups excluding carboxylic acids is 1. The van der Waals surface area contributed by atoms with Gasteiger partial charge in [-0.15, -0.1) is 0 Å². The van der Waals surface area contributed by atoms with Crippen LogP contribution in [-0.2, 0) is 6.54 Å². The van der Waals surface area contributed by atoms with Crippen molar-refractivity contribution in [3.05, 3.63) is 72.8 Å². The van der Waals surface area contributed by atoms with Gasteiger partial charge >= 0.3 is 6.03 Å². The van der Waals surface area contributed by atoms with Crippen LogP contribution in [0.1, 0.15) is 19.4 Å². The Hall–Kier alpha value is -3.63. The molecule has 9 nitrogen and oxygen atoms in total. The maximum atomic E-state index is 12.9. The van der Waals surface area contributed by atoms with E-state index in [4.69, 9.17) is 17.6 Å². The Kier molecular flexibility index (Phi) is 7.52. The molecule has 0 radical (unpaired) electrons. The van der Waals surface area contributed by atoms with E-state index in [1.807, 2.05) is 68.4 Å². The molecule has 1 aliphatic rings. The van der Waals surface area contributed by atoms with Gasteiger partial charge in [-0.3, -0.25) is 20.5 Å². The summed E-state index contributed by atoms with van der Waals surface area (Å²) in [6.45, 7) is 5.06. The van der Waals surface area contributed by atoms with Crippen LogP contribution in [0.5, 0.6) is 0 Å². The van der Waals surface area contributed by atoms with Gasteiger partial charge in [-0.1, -0.05) is 56.4 Å². The molecular formula is C25H30N8OS. The zero-order chi connectivity index (χ0) is 24.9. The molecule has 4 rings (SSSR count). The van der Waals surface area contributed by atoms with Crippen LogP contribution in [0.3, 0.4) is 0 Å². The molecule has 0 spiro atoms. The molecule has 0 aliphatic carbocycles. The van der Waals surface area contributed by atoms with E-state index in [1.54, 1.807) is 18.1 Å². The Balaban J connectivity index is 1.57. The predicted octanol–water partition coefficient (Wildman–Crippen LogP) is 3.74. The number of thiocarbonyl (C=S) groups is 1. The van der Waals surface area contributed by atoms with Crippen LogP contribution in [-0.4, -0.2) is 61.2 Å². The van der Waals surface area contributed by atoms with Gasteiger partial charge in [0.1, 0.15) is 24.4 Å². The summed E-state index contributed by atoms with van der Waals surface area (Å²) in [5.41, 5.74) is 2.88. The Morgan fingerprint density at radius 2 is 1.83 bits per heavy atom. The average molecular weight is 491 g/mol. The molecular weight excluding hydrogens is 460 g/mol. The molecule has 3 aromatic rings. The van der Waals surface area contributed by atoms with Crippen molar-refractivity contribution < 1.29 is 4.79 Å². The number of urea groups is 1. The van der Waals surface area contributed by atoms with Crippen molar-refractivity contribution in [3.8, 4) is 5.69 Å². The highest BCUT2D eigenvalue weighted by molar-refractivity contribution is 7.80. The summed E-state index contributed by atoms with van der Waals surface area (Å²) in [6, 6.07) is 17.5. The van der Waals surface area contributed by atoms with Crippen LogP contribution >= 0.6 is 12.2 Å². The Morgan fingerprint density at radius 1 is 1.11 bits per heavy atom. The minimum absolute atomic E-state index is 0.203. The summed E-state index contributed by atoms with van der Waals surface area (Å²) in [4.78, 5) is 20.3. The Bertz CT molecular complexity index is 1160. The highest BCUT2D eigenvalue weighted by atomic mass is 32.1. The molecule has 0 saturated carbocycles. The zero-order valence-electron chi connectivity index (χ0n) is 20.0. The summed E-state index contributed by atoms with van der Waals surface area (Å²) < 4.78 is 1.70. The first-order valence-corrected chi connectivity index (χ1v) is 11.9. The minimum Gasteiger partial charge on any atom is -0.369 e. The minimum atomic E-state index is -0.513. The van der Waals surface area contributed by atoms with E-state index in [1.165, 1.54) is 16.1 Å². The average Bonchev–Trinajstić information content (AvgIpc) is 3.40. The van der Waals surface area contributed by atoms with Gasteiger partial charge in [0, 0.05) is 25.8 Å². The number of para-hydroxylation sites is 1. The summed E-state index contributed by atoms with van der Waals surface area (Å²) in [6.07, 6.45) is 2.75. The van der Waals surface area contributed by atoms with E-state index in [-0.39, 0.29) is 17.8 Å². The molecule has 1 fully saturated rings. The van der Waals surface area contributed by atoms with E-state index in [2.05, 4.69) is 20.7 Å².